The van der Waals surface area contributed by atoms with Crippen LogP contribution in [0, 0.1) is 0 Å². The maximum absolute atomic E-state index is 11.5. The van der Waals surface area contributed by atoms with Gasteiger partial charge in [0.05, 0.1) is 0 Å². The van der Waals surface area contributed by atoms with Gasteiger partial charge < -0.3 is 4.12 Å². The third kappa shape index (κ3) is 6.31. The molecule has 0 saturated carbocycles. The monoisotopic (exact) mass is 188 g/mol. The zero-order chi connectivity index (χ0) is 8.20. The lowest BCUT2D eigenvalue weighted by Crippen LogP contribution is -2.16. The van der Waals surface area contributed by atoms with Crippen molar-refractivity contribution in [2.75, 3.05) is 0 Å². The van der Waals surface area contributed by atoms with E-state index in [2.05, 4.69) is 0 Å². The number of hydrogen-bond acceptors (Lipinski definition) is 1. The zero-order valence-electron chi connectivity index (χ0n) is 6.03. The van der Waals surface area contributed by atoms with Gasteiger partial charge >= 0.3 is 6.18 Å². The van der Waals surface area contributed by atoms with E-state index in [1.807, 2.05) is 0 Å². The molecule has 0 spiro atoms. The normalized spacial score (nSPS) is 15.6. The Morgan fingerprint density at radius 1 is 1.50 bits per heavy atom. The number of alkyl halides is 3. The van der Waals surface area contributed by atoms with Crippen molar-refractivity contribution in [3.05, 3.63) is 0 Å². The minimum atomic E-state index is -4.00. The third-order valence-electron chi connectivity index (χ3n) is 1.24. The Balaban J connectivity index is 3.36. The Bertz CT molecular complexity index is 95.0. The minimum absolute atomic E-state index is 0.215. The maximum Gasteiger partial charge on any atom is 0.388 e. The summed E-state index contributed by atoms with van der Waals surface area (Å²) in [5.74, 6) is 0. The van der Waals surface area contributed by atoms with Gasteiger partial charge in [0.2, 0.25) is 0 Å². The second-order valence-corrected chi connectivity index (χ2v) is 6.28. The Morgan fingerprint density at radius 2 is 2.00 bits per heavy atom. The first-order valence-electron chi connectivity index (χ1n) is 3.05. The lowest BCUT2D eigenvalue weighted by atomic mass is 10.5. The van der Waals surface area contributed by atoms with Crippen LogP contribution in [0.1, 0.15) is 6.42 Å². The first kappa shape index (κ1) is 10.2. The van der Waals surface area contributed by atoms with E-state index in [0.29, 0.717) is 10.5 Å². The summed E-state index contributed by atoms with van der Waals surface area (Å²) < 4.78 is 39.5. The molecule has 0 aliphatic rings. The second kappa shape index (κ2) is 4.14. The largest absolute Gasteiger partial charge is 0.466 e. The molecule has 0 aromatic carbocycles. The molecule has 0 aliphatic heterocycles. The van der Waals surface area contributed by atoms with Crippen molar-refractivity contribution in [2.45, 2.75) is 25.2 Å². The van der Waals surface area contributed by atoms with Crippen molar-refractivity contribution in [2.24, 2.45) is 0 Å². The fraction of sp³-hybridized carbons (Fsp3) is 1.00. The number of rotatable bonds is 3. The summed E-state index contributed by atoms with van der Waals surface area (Å²) in [4.78, 5) is 0. The Hall–Kier alpha value is 0.184. The van der Waals surface area contributed by atoms with Gasteiger partial charge in [-0.25, -0.2) is 0 Å². The molecule has 6 heteroatoms. The van der Waals surface area contributed by atoms with Gasteiger partial charge in [0, 0.05) is 6.42 Å². The quantitative estimate of drug-likeness (QED) is 0.589. The molecule has 1 atom stereocenters. The minimum Gasteiger partial charge on any atom is -0.466 e. The molecule has 0 rings (SSSR count). The highest BCUT2D eigenvalue weighted by molar-refractivity contribution is 6.54. The Morgan fingerprint density at radius 3 is 2.30 bits per heavy atom. The SMILES string of the molecule is C[SiH](CCC(F)(F)F)O[SiH3]. The summed E-state index contributed by atoms with van der Waals surface area (Å²) in [6, 6.07) is 0.215. The molecule has 0 saturated heterocycles. The van der Waals surface area contributed by atoms with Gasteiger partial charge in [-0.1, -0.05) is 0 Å². The average Bonchev–Trinajstić information content (AvgIpc) is 1.81. The molecule has 0 bridgehead atoms. The van der Waals surface area contributed by atoms with Crippen LogP contribution in [0.3, 0.4) is 0 Å². The predicted molar refractivity (Wildman–Crippen MR) is 39.5 cm³/mol. The van der Waals surface area contributed by atoms with Crippen LogP contribution in [0.15, 0.2) is 0 Å². The van der Waals surface area contributed by atoms with Crippen molar-refractivity contribution in [1.29, 1.82) is 0 Å². The Kier molecular flexibility index (Phi) is 4.22. The summed E-state index contributed by atoms with van der Waals surface area (Å²) in [6.45, 7) is 1.79. The van der Waals surface area contributed by atoms with E-state index in [1.165, 1.54) is 0 Å². The van der Waals surface area contributed by atoms with Crippen LogP contribution in [0.4, 0.5) is 13.2 Å². The van der Waals surface area contributed by atoms with Gasteiger partial charge in [-0.05, 0) is 12.6 Å². The molecule has 0 radical (unpaired) electrons. The highest BCUT2D eigenvalue weighted by atomic mass is 28.3. The fourth-order valence-electron chi connectivity index (χ4n) is 0.485. The molecule has 62 valence electrons. The third-order valence-corrected chi connectivity index (χ3v) is 5.56. The first-order chi connectivity index (χ1) is 4.45. The molecule has 0 heterocycles. The van der Waals surface area contributed by atoms with Crippen LogP contribution >= 0.6 is 0 Å². The van der Waals surface area contributed by atoms with Gasteiger partial charge in [-0.3, -0.25) is 0 Å². The van der Waals surface area contributed by atoms with Crippen LogP contribution in [0.2, 0.25) is 12.6 Å². The molecule has 0 aromatic rings. The van der Waals surface area contributed by atoms with E-state index in [4.69, 9.17) is 4.12 Å². The van der Waals surface area contributed by atoms with Crippen LogP contribution in [-0.2, 0) is 4.12 Å². The highest BCUT2D eigenvalue weighted by Crippen LogP contribution is 2.22. The standard InChI is InChI=1S/C4H11F3OSi2/c1-10(8-9)3-2-4(5,6)7/h10H,2-3H2,1,9H3. The van der Waals surface area contributed by atoms with Crippen molar-refractivity contribution in [3.63, 3.8) is 0 Å². The van der Waals surface area contributed by atoms with Crippen LogP contribution in [-0.4, -0.2) is 25.7 Å². The van der Waals surface area contributed by atoms with Crippen molar-refractivity contribution >= 4 is 19.5 Å². The fourth-order valence-corrected chi connectivity index (χ4v) is 2.16. The summed E-state index contributed by atoms with van der Waals surface area (Å²) in [5, 5.41) is 0. The molecule has 0 amide bonds. The molecule has 10 heavy (non-hydrogen) atoms. The van der Waals surface area contributed by atoms with Gasteiger partial charge in [-0.2, -0.15) is 13.2 Å². The van der Waals surface area contributed by atoms with E-state index < -0.39 is 21.6 Å². The average molecular weight is 188 g/mol. The van der Waals surface area contributed by atoms with E-state index >= 15 is 0 Å². The van der Waals surface area contributed by atoms with Crippen molar-refractivity contribution < 1.29 is 17.3 Å². The summed E-state index contributed by atoms with van der Waals surface area (Å²) in [7, 11) is -0.871. The topological polar surface area (TPSA) is 9.23 Å². The van der Waals surface area contributed by atoms with Gasteiger partial charge in [-0.15, -0.1) is 0 Å². The van der Waals surface area contributed by atoms with E-state index in [-0.39, 0.29) is 6.04 Å². The lowest BCUT2D eigenvalue weighted by molar-refractivity contribution is -0.130. The smallest absolute Gasteiger partial charge is 0.388 e. The molecule has 1 unspecified atom stereocenters. The zero-order valence-corrected chi connectivity index (χ0v) is 9.19. The molecule has 1 nitrogen and oxygen atoms in total. The molecule has 0 aliphatic carbocycles. The molecular weight excluding hydrogens is 177 g/mol. The van der Waals surface area contributed by atoms with Crippen molar-refractivity contribution in [1.82, 2.24) is 0 Å². The van der Waals surface area contributed by atoms with E-state index in [1.54, 1.807) is 6.55 Å². The van der Waals surface area contributed by atoms with Gasteiger partial charge in [0.15, 0.2) is 9.04 Å². The van der Waals surface area contributed by atoms with Crippen molar-refractivity contribution in [3.8, 4) is 0 Å². The maximum atomic E-state index is 11.5. The molecule has 0 fully saturated rings. The van der Waals surface area contributed by atoms with E-state index in [0.717, 1.165) is 0 Å². The van der Waals surface area contributed by atoms with Crippen LogP contribution in [0.5, 0.6) is 0 Å². The lowest BCUT2D eigenvalue weighted by Gasteiger charge is -2.09. The van der Waals surface area contributed by atoms with Crippen LogP contribution in [0.25, 0.3) is 0 Å². The van der Waals surface area contributed by atoms with E-state index in [9.17, 15) is 13.2 Å². The summed E-state index contributed by atoms with van der Waals surface area (Å²) in [6.07, 6.45) is -4.68. The van der Waals surface area contributed by atoms with Gasteiger partial charge in [0.1, 0.15) is 10.5 Å². The predicted octanol–water partition coefficient (Wildman–Crippen LogP) is 0.589. The highest BCUT2D eigenvalue weighted by Gasteiger charge is 2.27. The van der Waals surface area contributed by atoms with Gasteiger partial charge in [0.25, 0.3) is 0 Å². The first-order valence-corrected chi connectivity index (χ1v) is 6.31. The summed E-state index contributed by atoms with van der Waals surface area (Å²) in [5.41, 5.74) is 0. The second-order valence-electron chi connectivity index (χ2n) is 2.20. The molecular formula is C4H11F3OSi2. The van der Waals surface area contributed by atoms with Crippen LogP contribution < -0.4 is 0 Å². The molecule has 0 aromatic heterocycles. The number of hydrogen-bond donors (Lipinski definition) is 0. The number of halogens is 3. The molecule has 0 N–H and O–H groups in total. The Labute approximate surface area is 62.8 Å². The summed E-state index contributed by atoms with van der Waals surface area (Å²) >= 11 is 0.